The van der Waals surface area contributed by atoms with Crippen LogP contribution in [0.3, 0.4) is 0 Å². The van der Waals surface area contributed by atoms with Crippen LogP contribution >= 0.6 is 11.6 Å². The lowest BCUT2D eigenvalue weighted by Crippen LogP contribution is -2.44. The zero-order chi connectivity index (χ0) is 30.1. The number of rotatable bonds is 7. The third-order valence-corrected chi connectivity index (χ3v) is 7.40. The van der Waals surface area contributed by atoms with Crippen molar-refractivity contribution in [2.45, 2.75) is 65.8 Å². The summed E-state index contributed by atoms with van der Waals surface area (Å²) in [5.41, 5.74) is 1.01. The van der Waals surface area contributed by atoms with Crippen LogP contribution in [0.5, 0.6) is 0 Å². The van der Waals surface area contributed by atoms with E-state index in [4.69, 9.17) is 21.3 Å². The zero-order valence-corrected chi connectivity index (χ0v) is 25.2. The number of hydrogen-bond donors (Lipinski definition) is 1. The number of carbonyl (C=O) groups is 1. The summed E-state index contributed by atoms with van der Waals surface area (Å²) in [4.78, 5) is 55.7. The molecule has 12 nitrogen and oxygen atoms in total. The molecule has 1 aromatic carbocycles. The summed E-state index contributed by atoms with van der Waals surface area (Å²) in [6, 6.07) is 7.57. The number of piperidine rings is 1. The molecule has 1 amide bonds. The van der Waals surface area contributed by atoms with Crippen molar-refractivity contribution in [3.8, 4) is 0 Å². The Morgan fingerprint density at radius 2 is 1.95 bits per heavy atom. The van der Waals surface area contributed by atoms with Gasteiger partial charge >= 0.3 is 11.8 Å². The molecule has 0 aliphatic carbocycles. The maximum absolute atomic E-state index is 14.0. The van der Waals surface area contributed by atoms with Crippen molar-refractivity contribution in [2.24, 2.45) is 7.05 Å². The van der Waals surface area contributed by atoms with E-state index in [2.05, 4.69) is 15.3 Å². The highest BCUT2D eigenvalue weighted by atomic mass is 35.5. The number of nitrogens with one attached hydrogen (secondary N) is 1. The van der Waals surface area contributed by atoms with Crippen molar-refractivity contribution in [1.29, 1.82) is 0 Å². The topological polar surface area (TPSA) is 129 Å². The van der Waals surface area contributed by atoms with E-state index >= 15 is 0 Å². The smallest absolute Gasteiger partial charge is 0.407 e. The average molecular weight is 595 g/mol. The first-order chi connectivity index (χ1) is 20.0. The quantitative estimate of drug-likeness (QED) is 0.344. The second-order valence-electron chi connectivity index (χ2n) is 10.9. The van der Waals surface area contributed by atoms with E-state index in [1.807, 2.05) is 49.9 Å². The summed E-state index contributed by atoms with van der Waals surface area (Å²) in [7, 11) is 1.59. The first-order valence-electron chi connectivity index (χ1n) is 14.0. The molecule has 0 radical (unpaired) electrons. The molecule has 5 rings (SSSR count). The molecular formula is C29H35ClN8O4. The van der Waals surface area contributed by atoms with Gasteiger partial charge in [-0.3, -0.25) is 13.9 Å². The van der Waals surface area contributed by atoms with Crippen molar-refractivity contribution in [2.75, 3.05) is 18.0 Å². The van der Waals surface area contributed by atoms with Gasteiger partial charge in [-0.05, 0) is 46.6 Å². The number of carbonyl (C=O) groups excluding carboxylic acids is 1. The van der Waals surface area contributed by atoms with E-state index in [1.54, 1.807) is 24.6 Å². The largest absolute Gasteiger partial charge is 0.444 e. The van der Waals surface area contributed by atoms with Gasteiger partial charge in [-0.25, -0.2) is 19.6 Å². The van der Waals surface area contributed by atoms with E-state index in [9.17, 15) is 14.4 Å². The van der Waals surface area contributed by atoms with Gasteiger partial charge in [0.1, 0.15) is 11.9 Å². The van der Waals surface area contributed by atoms with Gasteiger partial charge in [0.05, 0.1) is 18.6 Å². The number of imidazole rings is 1. The molecule has 1 atom stereocenters. The van der Waals surface area contributed by atoms with Gasteiger partial charge in [0, 0.05) is 42.3 Å². The number of allylic oxidation sites excluding steroid dienone is 2. The Labute approximate surface area is 247 Å². The molecule has 13 heteroatoms. The number of hydrogen-bond acceptors (Lipinski definition) is 8. The lowest BCUT2D eigenvalue weighted by Gasteiger charge is -2.33. The van der Waals surface area contributed by atoms with Gasteiger partial charge < -0.3 is 19.5 Å². The number of para-hydroxylation sites is 1. The Bertz CT molecular complexity index is 1800. The lowest BCUT2D eigenvalue weighted by molar-refractivity contribution is 0.0862. The predicted octanol–water partition coefficient (Wildman–Crippen LogP) is 3.44. The number of benzene rings is 1. The van der Waals surface area contributed by atoms with E-state index in [-0.39, 0.29) is 36.4 Å². The zero-order valence-electron chi connectivity index (χ0n) is 24.4. The second kappa shape index (κ2) is 12.0. The molecule has 1 N–H and O–H groups in total. The molecule has 222 valence electrons. The Kier molecular flexibility index (Phi) is 8.35. The molecule has 42 heavy (non-hydrogen) atoms. The molecule has 1 fully saturated rings. The van der Waals surface area contributed by atoms with Crippen LogP contribution < -0.4 is 21.5 Å². The highest BCUT2D eigenvalue weighted by Gasteiger charge is 2.29. The molecule has 3 aromatic heterocycles. The molecule has 4 heterocycles. The summed E-state index contributed by atoms with van der Waals surface area (Å²) in [5, 5.41) is 4.22. The maximum atomic E-state index is 14.0. The van der Waals surface area contributed by atoms with E-state index in [0.29, 0.717) is 36.3 Å². The first kappa shape index (κ1) is 29.3. The minimum Gasteiger partial charge on any atom is -0.444 e. The van der Waals surface area contributed by atoms with Crippen molar-refractivity contribution in [3.63, 3.8) is 0 Å². The summed E-state index contributed by atoms with van der Waals surface area (Å²) in [6.07, 6.45) is 2.42. The van der Waals surface area contributed by atoms with Crippen LogP contribution in [0.25, 0.3) is 22.1 Å². The predicted molar refractivity (Wildman–Crippen MR) is 162 cm³/mol. The molecule has 1 aliphatic rings. The van der Waals surface area contributed by atoms with Gasteiger partial charge in [0.25, 0.3) is 5.56 Å². The Morgan fingerprint density at radius 3 is 2.69 bits per heavy atom. The van der Waals surface area contributed by atoms with Crippen LogP contribution in [0, 0.1) is 6.92 Å². The number of halogens is 1. The molecule has 0 unspecified atom stereocenters. The maximum Gasteiger partial charge on any atom is 0.407 e. The molecule has 0 spiro atoms. The van der Waals surface area contributed by atoms with Gasteiger partial charge in [-0.15, -0.1) is 0 Å². The highest BCUT2D eigenvalue weighted by molar-refractivity contribution is 6.29. The van der Waals surface area contributed by atoms with Crippen LogP contribution in [-0.4, -0.2) is 60.0 Å². The Hall–Kier alpha value is -4.19. The van der Waals surface area contributed by atoms with E-state index < -0.39 is 17.3 Å². The van der Waals surface area contributed by atoms with Crippen molar-refractivity contribution in [3.05, 3.63) is 67.7 Å². The number of alkyl carbamates (subject to hydrolysis) is 1. The number of aryl methyl sites for hydroxylation is 2. The van der Waals surface area contributed by atoms with Gasteiger partial charge in [-0.2, -0.15) is 4.98 Å². The van der Waals surface area contributed by atoms with Gasteiger partial charge in [0.2, 0.25) is 5.95 Å². The van der Waals surface area contributed by atoms with Gasteiger partial charge in [0.15, 0.2) is 11.2 Å². The van der Waals surface area contributed by atoms with Crippen molar-refractivity contribution < 1.29 is 9.53 Å². The average Bonchev–Trinajstić information content (AvgIpc) is 3.32. The summed E-state index contributed by atoms with van der Waals surface area (Å²) in [6.45, 7) is 8.57. The second-order valence-corrected chi connectivity index (χ2v) is 11.5. The van der Waals surface area contributed by atoms with Crippen LogP contribution in [0.2, 0.25) is 0 Å². The summed E-state index contributed by atoms with van der Waals surface area (Å²) >= 11 is 6.20. The molecule has 0 saturated carbocycles. The summed E-state index contributed by atoms with van der Waals surface area (Å²) < 4.78 is 9.94. The van der Waals surface area contributed by atoms with Crippen molar-refractivity contribution in [1.82, 2.24) is 34.0 Å². The number of amides is 1. The van der Waals surface area contributed by atoms with Crippen LogP contribution in [0.4, 0.5) is 10.7 Å². The fraction of sp³-hybridized carbons (Fsp3) is 0.448. The first-order valence-corrected chi connectivity index (χ1v) is 14.4. The third-order valence-electron chi connectivity index (χ3n) is 7.25. The molecule has 0 bridgehead atoms. The minimum absolute atomic E-state index is 0.0423. The van der Waals surface area contributed by atoms with Crippen LogP contribution in [0.15, 0.2) is 45.0 Å². The normalized spacial score (nSPS) is 16.0. The standard InChI is InChI=1S/C29H35ClN8O4/c1-17(2)31-28(40)42-20-9-8-13-36(15-20)27-34-25-24(37(27)14-12-18(3)30)26(39)38(29(41)35(25)5)16-23-32-19(4)21-10-6-7-11-22(21)33-23/h6-7,10-12,17,20H,8-9,13-16H2,1-5H3,(H,31,40)/t20-/m1/s1. The van der Waals surface area contributed by atoms with E-state index in [0.717, 1.165) is 27.6 Å². The number of ether oxygens (including phenoxy) is 1. The number of nitrogens with zero attached hydrogens (tertiary/aromatic N) is 7. The third kappa shape index (κ3) is 5.89. The lowest BCUT2D eigenvalue weighted by atomic mass is 10.1. The molecule has 1 aliphatic heterocycles. The summed E-state index contributed by atoms with van der Waals surface area (Å²) in [5.74, 6) is 0.864. The SMILES string of the molecule is CC(Cl)=CCn1c(N2CCC[C@@H](OC(=O)NC(C)C)C2)nc2c1c(=O)n(Cc1nc(C)c3ccccc3n1)c(=O)n2C. The fourth-order valence-electron chi connectivity index (χ4n) is 5.28. The Morgan fingerprint density at radius 1 is 1.19 bits per heavy atom. The van der Waals surface area contributed by atoms with Gasteiger partial charge in [-0.1, -0.05) is 35.9 Å². The Balaban J connectivity index is 1.58. The van der Waals surface area contributed by atoms with E-state index in [1.165, 1.54) is 4.57 Å². The van der Waals surface area contributed by atoms with Crippen LogP contribution in [-0.2, 0) is 24.9 Å². The fourth-order valence-corrected chi connectivity index (χ4v) is 5.34. The van der Waals surface area contributed by atoms with Crippen LogP contribution in [0.1, 0.15) is 45.1 Å². The minimum atomic E-state index is -0.521. The number of aromatic nitrogens is 6. The molecule has 4 aromatic rings. The monoisotopic (exact) mass is 594 g/mol. The number of anilines is 1. The number of fused-ring (bicyclic) bond motifs is 2. The molecule has 1 saturated heterocycles. The molecular weight excluding hydrogens is 560 g/mol. The van der Waals surface area contributed by atoms with Crippen molar-refractivity contribution >= 4 is 45.7 Å². The highest BCUT2D eigenvalue weighted by Crippen LogP contribution is 2.25.